The number of hydrogen-bond acceptors (Lipinski definition) is 3. The van der Waals surface area contributed by atoms with E-state index in [-0.39, 0.29) is 11.9 Å². The molecule has 0 heterocycles. The van der Waals surface area contributed by atoms with Crippen molar-refractivity contribution in [3.8, 4) is 0 Å². The average Bonchev–Trinajstić information content (AvgIpc) is 2.40. The van der Waals surface area contributed by atoms with Gasteiger partial charge in [-0.3, -0.25) is 0 Å². The number of para-hydroxylation sites is 1. The van der Waals surface area contributed by atoms with Crippen molar-refractivity contribution in [1.29, 1.82) is 0 Å². The fourth-order valence-electron chi connectivity index (χ4n) is 2.23. The van der Waals surface area contributed by atoms with Crippen molar-refractivity contribution < 1.29 is 9.13 Å². The molecule has 0 aliphatic heterocycles. The lowest BCUT2D eigenvalue weighted by atomic mass is 9.92. The molecule has 0 aliphatic rings. The van der Waals surface area contributed by atoms with Crippen LogP contribution in [0.4, 0.5) is 10.1 Å². The first-order valence-corrected chi connectivity index (χ1v) is 6.26. The van der Waals surface area contributed by atoms with Gasteiger partial charge >= 0.3 is 0 Å². The van der Waals surface area contributed by atoms with Gasteiger partial charge in [-0.1, -0.05) is 12.1 Å². The van der Waals surface area contributed by atoms with Gasteiger partial charge in [0.25, 0.3) is 0 Å². The van der Waals surface area contributed by atoms with Gasteiger partial charge in [-0.2, -0.15) is 0 Å². The molecule has 0 aromatic heterocycles. The highest BCUT2D eigenvalue weighted by Gasteiger charge is 2.36. The largest absolute Gasteiger partial charge is 0.379 e. The van der Waals surface area contributed by atoms with Crippen molar-refractivity contribution in [2.45, 2.75) is 32.4 Å². The Morgan fingerprint density at radius 2 is 2.06 bits per heavy atom. The summed E-state index contributed by atoms with van der Waals surface area (Å²) in [5, 5.41) is 0. The molecule has 0 saturated carbocycles. The molecular weight excluding hydrogens is 231 g/mol. The van der Waals surface area contributed by atoms with E-state index in [4.69, 9.17) is 10.5 Å². The third-order valence-electron chi connectivity index (χ3n) is 3.72. The molecule has 2 N–H and O–H groups in total. The summed E-state index contributed by atoms with van der Waals surface area (Å²) in [6.45, 7) is 7.00. The molecule has 0 amide bonds. The molecule has 18 heavy (non-hydrogen) atoms. The maximum Gasteiger partial charge on any atom is 0.146 e. The SMILES string of the molecule is CCN(c1ccccc1F)C(C)(CN)C(C)OC. The molecule has 0 bridgehead atoms. The van der Waals surface area contributed by atoms with Crippen molar-refractivity contribution in [1.82, 2.24) is 0 Å². The quantitative estimate of drug-likeness (QED) is 0.847. The van der Waals surface area contributed by atoms with Crippen LogP contribution >= 0.6 is 0 Å². The number of ether oxygens (including phenoxy) is 1. The third-order valence-corrected chi connectivity index (χ3v) is 3.72. The van der Waals surface area contributed by atoms with E-state index < -0.39 is 5.54 Å². The van der Waals surface area contributed by atoms with E-state index >= 15 is 0 Å². The van der Waals surface area contributed by atoms with Crippen molar-refractivity contribution in [2.24, 2.45) is 5.73 Å². The van der Waals surface area contributed by atoms with E-state index in [9.17, 15) is 4.39 Å². The van der Waals surface area contributed by atoms with Crippen LogP contribution in [0, 0.1) is 5.82 Å². The van der Waals surface area contributed by atoms with Gasteiger partial charge in [-0.25, -0.2) is 4.39 Å². The zero-order chi connectivity index (χ0) is 13.8. The Bertz CT molecular complexity index is 386. The molecule has 0 aliphatic carbocycles. The minimum absolute atomic E-state index is 0.0953. The number of nitrogens with zero attached hydrogens (tertiary/aromatic N) is 1. The summed E-state index contributed by atoms with van der Waals surface area (Å²) >= 11 is 0. The number of benzene rings is 1. The molecule has 1 aromatic rings. The fraction of sp³-hybridized carbons (Fsp3) is 0.571. The number of anilines is 1. The van der Waals surface area contributed by atoms with Crippen LogP contribution in [-0.4, -0.2) is 31.8 Å². The molecule has 1 rings (SSSR count). The molecule has 0 spiro atoms. The van der Waals surface area contributed by atoms with Gasteiger partial charge in [0.1, 0.15) is 5.82 Å². The van der Waals surface area contributed by atoms with Crippen LogP contribution in [0.3, 0.4) is 0 Å². The fourth-order valence-corrected chi connectivity index (χ4v) is 2.23. The van der Waals surface area contributed by atoms with Crippen molar-refractivity contribution in [3.63, 3.8) is 0 Å². The summed E-state index contributed by atoms with van der Waals surface area (Å²) in [6, 6.07) is 6.75. The van der Waals surface area contributed by atoms with E-state index in [0.29, 0.717) is 18.8 Å². The zero-order valence-electron chi connectivity index (χ0n) is 11.6. The number of halogens is 1. The Hall–Kier alpha value is -1.13. The number of rotatable bonds is 6. The predicted molar refractivity (Wildman–Crippen MR) is 73.4 cm³/mol. The predicted octanol–water partition coefficient (Wildman–Crippen LogP) is 2.40. The Labute approximate surface area is 109 Å². The highest BCUT2D eigenvalue weighted by Crippen LogP contribution is 2.29. The zero-order valence-corrected chi connectivity index (χ0v) is 11.6. The highest BCUT2D eigenvalue weighted by atomic mass is 19.1. The number of likely N-dealkylation sites (N-methyl/N-ethyl adjacent to an activating group) is 1. The molecule has 2 atom stereocenters. The van der Waals surface area contributed by atoms with Gasteiger partial charge in [-0.05, 0) is 32.9 Å². The van der Waals surface area contributed by atoms with Gasteiger partial charge in [0.05, 0.1) is 17.3 Å². The van der Waals surface area contributed by atoms with Crippen molar-refractivity contribution in [3.05, 3.63) is 30.1 Å². The lowest BCUT2D eigenvalue weighted by molar-refractivity contribution is 0.0559. The molecule has 102 valence electrons. The highest BCUT2D eigenvalue weighted by molar-refractivity contribution is 5.50. The van der Waals surface area contributed by atoms with Crippen molar-refractivity contribution >= 4 is 5.69 Å². The van der Waals surface area contributed by atoms with E-state index in [1.165, 1.54) is 6.07 Å². The van der Waals surface area contributed by atoms with E-state index in [1.807, 2.05) is 31.7 Å². The van der Waals surface area contributed by atoms with Gasteiger partial charge in [-0.15, -0.1) is 0 Å². The topological polar surface area (TPSA) is 38.5 Å². The van der Waals surface area contributed by atoms with Gasteiger partial charge in [0.2, 0.25) is 0 Å². The second kappa shape index (κ2) is 6.16. The van der Waals surface area contributed by atoms with Crippen LogP contribution in [-0.2, 0) is 4.74 Å². The molecule has 0 fully saturated rings. The maximum atomic E-state index is 13.9. The van der Waals surface area contributed by atoms with Crippen LogP contribution in [0.25, 0.3) is 0 Å². The van der Waals surface area contributed by atoms with E-state index in [1.54, 1.807) is 19.2 Å². The first kappa shape index (κ1) is 14.9. The lowest BCUT2D eigenvalue weighted by Gasteiger charge is -2.45. The summed E-state index contributed by atoms with van der Waals surface area (Å²) in [6.07, 6.45) is -0.0953. The number of nitrogens with two attached hydrogens (primary N) is 1. The molecular formula is C14H23FN2O. The number of methoxy groups -OCH3 is 1. The van der Waals surface area contributed by atoms with Gasteiger partial charge in [0, 0.05) is 20.2 Å². The summed E-state index contributed by atoms with van der Waals surface area (Å²) in [7, 11) is 1.65. The standard InChI is InChI=1S/C14H23FN2O/c1-5-17(13-9-7-6-8-12(13)15)14(3,10-16)11(2)18-4/h6-9,11H,5,10,16H2,1-4H3. The van der Waals surface area contributed by atoms with Crippen LogP contribution < -0.4 is 10.6 Å². The Kier molecular flexibility index (Phi) is 5.11. The summed E-state index contributed by atoms with van der Waals surface area (Å²) in [5.74, 6) is -0.234. The monoisotopic (exact) mass is 254 g/mol. The first-order valence-electron chi connectivity index (χ1n) is 6.26. The summed E-state index contributed by atoms with van der Waals surface area (Å²) in [4.78, 5) is 1.97. The number of hydrogen-bond donors (Lipinski definition) is 1. The average molecular weight is 254 g/mol. The second-order valence-corrected chi connectivity index (χ2v) is 4.63. The van der Waals surface area contributed by atoms with Crippen LogP contribution in [0.2, 0.25) is 0 Å². The van der Waals surface area contributed by atoms with Crippen LogP contribution in [0.5, 0.6) is 0 Å². The molecule has 0 saturated heterocycles. The molecule has 1 aromatic carbocycles. The second-order valence-electron chi connectivity index (χ2n) is 4.63. The van der Waals surface area contributed by atoms with Crippen LogP contribution in [0.1, 0.15) is 20.8 Å². The third kappa shape index (κ3) is 2.65. The summed E-state index contributed by atoms with van der Waals surface area (Å²) in [5.41, 5.74) is 6.03. The van der Waals surface area contributed by atoms with Gasteiger partial charge < -0.3 is 15.4 Å². The molecule has 0 radical (unpaired) electrons. The Morgan fingerprint density at radius 1 is 1.44 bits per heavy atom. The smallest absolute Gasteiger partial charge is 0.146 e. The lowest BCUT2D eigenvalue weighted by Crippen LogP contribution is -2.59. The molecule has 3 nitrogen and oxygen atoms in total. The summed E-state index contributed by atoms with van der Waals surface area (Å²) < 4.78 is 19.3. The van der Waals surface area contributed by atoms with Crippen molar-refractivity contribution in [2.75, 3.05) is 25.1 Å². The Balaban J connectivity index is 3.19. The first-order chi connectivity index (χ1) is 8.51. The minimum Gasteiger partial charge on any atom is -0.379 e. The van der Waals surface area contributed by atoms with E-state index in [2.05, 4.69) is 0 Å². The molecule has 2 unspecified atom stereocenters. The normalized spacial score (nSPS) is 16.1. The van der Waals surface area contributed by atoms with E-state index in [0.717, 1.165) is 0 Å². The minimum atomic E-state index is -0.439. The Morgan fingerprint density at radius 3 is 2.50 bits per heavy atom. The maximum absolute atomic E-state index is 13.9. The molecule has 4 heteroatoms. The van der Waals surface area contributed by atoms with Gasteiger partial charge in [0.15, 0.2) is 0 Å². The van der Waals surface area contributed by atoms with Crippen LogP contribution in [0.15, 0.2) is 24.3 Å².